The maximum Gasteiger partial charge on any atom is 0.341 e. The number of pyridine rings is 2. The van der Waals surface area contributed by atoms with Gasteiger partial charge in [0.25, 0.3) is 0 Å². The summed E-state index contributed by atoms with van der Waals surface area (Å²) in [6, 6.07) is 3.45. The average molecular weight is 436 g/mol. The number of thiophene rings is 1. The lowest BCUT2D eigenvalue weighted by Crippen LogP contribution is -2.26. The molecule has 6 nitrogen and oxygen atoms in total. The molecule has 0 radical (unpaired) electrons. The fraction of sp³-hybridized carbons (Fsp3) is 0.350. The molecule has 0 bridgehead atoms. The number of fused-ring (bicyclic) bond motifs is 2. The number of halogens is 2. The highest BCUT2D eigenvalue weighted by Crippen LogP contribution is 2.40. The van der Waals surface area contributed by atoms with Crippen LogP contribution in [0.1, 0.15) is 52.6 Å². The Balaban J connectivity index is 0.00000205. The highest BCUT2D eigenvalue weighted by molar-refractivity contribution is 7.15. The molecule has 1 atom stereocenters. The smallest absolute Gasteiger partial charge is 0.341 e. The van der Waals surface area contributed by atoms with Crippen LogP contribution in [-0.2, 0) is 6.42 Å². The minimum Gasteiger partial charge on any atom is -0.477 e. The zero-order chi connectivity index (χ0) is 19.6. The fourth-order valence-electron chi connectivity index (χ4n) is 3.84. The highest BCUT2D eigenvalue weighted by Gasteiger charge is 2.29. The van der Waals surface area contributed by atoms with Gasteiger partial charge in [-0.1, -0.05) is 0 Å². The first kappa shape index (κ1) is 20.0. The Bertz CT molecular complexity index is 1200. The van der Waals surface area contributed by atoms with Crippen molar-refractivity contribution in [1.82, 2.24) is 14.9 Å². The molecule has 4 heterocycles. The summed E-state index contributed by atoms with van der Waals surface area (Å²) >= 11 is 1.51. The molecule has 1 fully saturated rings. The van der Waals surface area contributed by atoms with E-state index in [2.05, 4.69) is 17.2 Å². The molecule has 29 heavy (non-hydrogen) atoms. The number of nitrogens with one attached hydrogen (secondary N) is 1. The number of carbonyl (C=O) groups is 1. The largest absolute Gasteiger partial charge is 0.477 e. The third-order valence-electron chi connectivity index (χ3n) is 5.44. The Morgan fingerprint density at radius 3 is 2.79 bits per heavy atom. The lowest BCUT2D eigenvalue weighted by Gasteiger charge is -2.19. The van der Waals surface area contributed by atoms with E-state index >= 15 is 0 Å². The molecule has 0 saturated heterocycles. The Morgan fingerprint density at radius 2 is 2.14 bits per heavy atom. The fourth-order valence-corrected chi connectivity index (χ4v) is 5.07. The molecule has 2 aliphatic rings. The van der Waals surface area contributed by atoms with Crippen molar-refractivity contribution in [3.8, 4) is 10.6 Å². The summed E-state index contributed by atoms with van der Waals surface area (Å²) in [4.78, 5) is 30.4. The van der Waals surface area contributed by atoms with E-state index < -0.39 is 17.2 Å². The van der Waals surface area contributed by atoms with Crippen molar-refractivity contribution in [2.24, 2.45) is 0 Å². The highest BCUT2D eigenvalue weighted by atomic mass is 35.5. The number of carboxylic acids is 1. The first-order valence-electron chi connectivity index (χ1n) is 9.29. The van der Waals surface area contributed by atoms with Crippen LogP contribution in [0.5, 0.6) is 0 Å². The molecular weight excluding hydrogens is 417 g/mol. The maximum absolute atomic E-state index is 15.0. The molecule has 1 aliphatic carbocycles. The minimum absolute atomic E-state index is 0. The second-order valence-electron chi connectivity index (χ2n) is 7.43. The van der Waals surface area contributed by atoms with E-state index in [0.717, 1.165) is 36.8 Å². The van der Waals surface area contributed by atoms with Gasteiger partial charge in [-0.25, -0.2) is 14.2 Å². The second-order valence-corrected chi connectivity index (χ2v) is 8.52. The topological polar surface area (TPSA) is 84.2 Å². The summed E-state index contributed by atoms with van der Waals surface area (Å²) in [5.41, 5.74) is 0.733. The van der Waals surface area contributed by atoms with E-state index in [0.29, 0.717) is 5.65 Å². The van der Waals surface area contributed by atoms with Gasteiger partial charge in [0.2, 0.25) is 5.43 Å². The van der Waals surface area contributed by atoms with Crippen LogP contribution in [0.3, 0.4) is 0 Å². The van der Waals surface area contributed by atoms with Crippen molar-refractivity contribution in [2.45, 2.75) is 38.3 Å². The van der Waals surface area contributed by atoms with Gasteiger partial charge in [0.1, 0.15) is 16.9 Å². The Hall–Kier alpha value is -2.29. The number of nitrogens with zero attached hydrogens (tertiary/aromatic N) is 2. The van der Waals surface area contributed by atoms with E-state index in [-0.39, 0.29) is 41.1 Å². The number of hydrogen-bond acceptors (Lipinski definition) is 5. The van der Waals surface area contributed by atoms with Crippen LogP contribution in [0.4, 0.5) is 4.39 Å². The second kappa shape index (κ2) is 7.19. The van der Waals surface area contributed by atoms with E-state index in [9.17, 15) is 19.1 Å². The molecule has 3 aromatic rings. The molecule has 1 unspecified atom stereocenters. The van der Waals surface area contributed by atoms with Gasteiger partial charge in [0, 0.05) is 23.2 Å². The predicted octanol–water partition coefficient (Wildman–Crippen LogP) is 3.93. The first-order chi connectivity index (χ1) is 13.4. The monoisotopic (exact) mass is 435 g/mol. The molecule has 9 heteroatoms. The number of hydrogen-bond donors (Lipinski definition) is 2. The van der Waals surface area contributed by atoms with Gasteiger partial charge < -0.3 is 15.0 Å². The predicted molar refractivity (Wildman–Crippen MR) is 112 cm³/mol. The minimum atomic E-state index is -1.31. The first-order valence-corrected chi connectivity index (χ1v) is 10.1. The summed E-state index contributed by atoms with van der Waals surface area (Å²) in [5.74, 6) is -1.91. The lowest BCUT2D eigenvalue weighted by molar-refractivity contribution is 0.0695. The third-order valence-corrected chi connectivity index (χ3v) is 6.81. The third kappa shape index (κ3) is 3.25. The van der Waals surface area contributed by atoms with Crippen LogP contribution in [0, 0.1) is 5.82 Å². The van der Waals surface area contributed by atoms with Gasteiger partial charge in [-0.2, -0.15) is 0 Å². The van der Waals surface area contributed by atoms with Crippen LogP contribution < -0.4 is 10.7 Å². The molecular formula is C20H19ClFN3O3S. The zero-order valence-corrected chi connectivity index (χ0v) is 17.2. The van der Waals surface area contributed by atoms with Crippen LogP contribution >= 0.6 is 23.7 Å². The van der Waals surface area contributed by atoms with Crippen molar-refractivity contribution in [3.05, 3.63) is 50.4 Å². The van der Waals surface area contributed by atoms with Crippen molar-refractivity contribution >= 4 is 40.7 Å². The number of aromatic nitrogens is 2. The van der Waals surface area contributed by atoms with Gasteiger partial charge in [0.05, 0.1) is 10.3 Å². The van der Waals surface area contributed by atoms with Crippen LogP contribution in [0.2, 0.25) is 0 Å². The normalized spacial score (nSPS) is 18.3. The molecule has 152 valence electrons. The summed E-state index contributed by atoms with van der Waals surface area (Å²) in [7, 11) is 0. The van der Waals surface area contributed by atoms with E-state index in [1.807, 2.05) is 6.07 Å². The number of carboxylic acid groups (broad SMARTS) is 1. The summed E-state index contributed by atoms with van der Waals surface area (Å²) in [6.45, 7) is 2.97. The zero-order valence-electron chi connectivity index (χ0n) is 15.6. The quantitative estimate of drug-likeness (QED) is 0.651. The molecule has 5 rings (SSSR count). The molecule has 0 aromatic carbocycles. The Kier molecular flexibility index (Phi) is 4.96. The van der Waals surface area contributed by atoms with Gasteiger partial charge in [-0.3, -0.25) is 4.79 Å². The summed E-state index contributed by atoms with van der Waals surface area (Å²) in [5, 5.41) is 12.8. The van der Waals surface area contributed by atoms with Crippen molar-refractivity contribution < 1.29 is 14.3 Å². The Labute approximate surface area is 175 Å². The van der Waals surface area contributed by atoms with Crippen molar-refractivity contribution in [2.75, 3.05) is 6.54 Å². The number of rotatable bonds is 3. The average Bonchev–Trinajstić information content (AvgIpc) is 3.40. The standard InChI is InChI=1S/C20H18FN3O3S.ClH/c1-9-18-10(4-5-22-9)6-15(28-18)16-14(21)7-12-17(25)13(20(26)27)8-24(11-2-3-11)19(12)23-16;/h6-9,11,22H,2-5H2,1H3,(H,26,27);1H. The van der Waals surface area contributed by atoms with E-state index in [1.54, 1.807) is 4.57 Å². The number of aromatic carboxylic acids is 1. The maximum atomic E-state index is 15.0. The van der Waals surface area contributed by atoms with Crippen molar-refractivity contribution in [1.29, 1.82) is 0 Å². The lowest BCUT2D eigenvalue weighted by atomic mass is 10.0. The molecule has 0 spiro atoms. The Morgan fingerprint density at radius 1 is 1.38 bits per heavy atom. The summed E-state index contributed by atoms with van der Waals surface area (Å²) in [6.07, 6.45) is 4.02. The van der Waals surface area contributed by atoms with Crippen LogP contribution in [0.15, 0.2) is 23.1 Å². The SMILES string of the molecule is CC1NCCc2cc(-c3nc4c(cc3F)c(=O)c(C(=O)O)cn4C3CC3)sc21.Cl. The van der Waals surface area contributed by atoms with Gasteiger partial charge in [-0.05, 0) is 50.4 Å². The van der Waals surface area contributed by atoms with Gasteiger partial charge in [0.15, 0.2) is 5.82 Å². The van der Waals surface area contributed by atoms with Crippen LogP contribution in [0.25, 0.3) is 21.6 Å². The summed E-state index contributed by atoms with van der Waals surface area (Å²) < 4.78 is 16.7. The van der Waals surface area contributed by atoms with Gasteiger partial charge in [-0.15, -0.1) is 23.7 Å². The van der Waals surface area contributed by atoms with Gasteiger partial charge >= 0.3 is 5.97 Å². The van der Waals surface area contributed by atoms with E-state index in [4.69, 9.17) is 0 Å². The molecule has 2 N–H and O–H groups in total. The van der Waals surface area contributed by atoms with E-state index in [1.165, 1.54) is 28.0 Å². The molecule has 3 aromatic heterocycles. The van der Waals surface area contributed by atoms with Crippen LogP contribution in [-0.4, -0.2) is 27.2 Å². The molecule has 1 saturated carbocycles. The molecule has 1 aliphatic heterocycles. The molecule has 0 amide bonds. The van der Waals surface area contributed by atoms with Crippen molar-refractivity contribution in [3.63, 3.8) is 0 Å².